The van der Waals surface area contributed by atoms with Gasteiger partial charge < -0.3 is 39.6 Å². The average Bonchev–Trinajstić information content (AvgIpc) is 4.20. The number of halogens is 2. The number of aromatic nitrogens is 4. The lowest BCUT2D eigenvalue weighted by Gasteiger charge is -2.35. The van der Waals surface area contributed by atoms with E-state index in [9.17, 15) is 14.4 Å². The third kappa shape index (κ3) is 8.35. The molecule has 1 unspecified atom stereocenters. The molecule has 6 fully saturated rings. The van der Waals surface area contributed by atoms with Crippen molar-refractivity contribution in [2.75, 3.05) is 30.0 Å². The highest BCUT2D eigenvalue weighted by Crippen LogP contribution is 2.51. The van der Waals surface area contributed by atoms with E-state index in [-0.39, 0.29) is 65.6 Å². The maximum absolute atomic E-state index is 16.5. The van der Waals surface area contributed by atoms with Crippen LogP contribution in [-0.2, 0) is 14.3 Å². The number of hydrogen-bond donors (Lipinski definition) is 3. The van der Waals surface area contributed by atoms with Crippen LogP contribution in [0.4, 0.5) is 25.0 Å². The molecule has 13 nitrogen and oxygen atoms in total. The van der Waals surface area contributed by atoms with E-state index in [1.165, 1.54) is 19.2 Å². The zero-order chi connectivity index (χ0) is 48.5. The van der Waals surface area contributed by atoms with Crippen molar-refractivity contribution in [3.8, 4) is 0 Å². The minimum atomic E-state index is -0.743. The number of aromatic amines is 2. The molecule has 6 heterocycles. The van der Waals surface area contributed by atoms with Gasteiger partial charge in [-0.25, -0.2) is 23.5 Å². The van der Waals surface area contributed by atoms with Crippen LogP contribution in [0.2, 0.25) is 0 Å². The number of hydrogen-bond acceptors (Lipinski definition) is 8. The number of amides is 3. The first-order chi connectivity index (χ1) is 33.8. The third-order valence-electron chi connectivity index (χ3n) is 16.9. The predicted molar refractivity (Wildman–Crippen MR) is 266 cm³/mol. The molecular formula is C55H68F2N9O4. The largest absolute Gasteiger partial charge is 0.453 e. The van der Waals surface area contributed by atoms with E-state index in [2.05, 4.69) is 55.4 Å². The number of ether oxygens (including phenoxy) is 1. The fourth-order valence-electron chi connectivity index (χ4n) is 13.7. The molecule has 15 heteroatoms. The monoisotopic (exact) mass is 957 g/mol. The Morgan fingerprint density at radius 2 is 1.24 bits per heavy atom. The summed E-state index contributed by atoms with van der Waals surface area (Å²) in [6, 6.07) is 14.2. The van der Waals surface area contributed by atoms with Gasteiger partial charge in [0.15, 0.2) is 11.6 Å². The second kappa shape index (κ2) is 18.8. The van der Waals surface area contributed by atoms with Crippen molar-refractivity contribution < 1.29 is 27.9 Å². The van der Waals surface area contributed by atoms with Gasteiger partial charge in [-0.05, 0) is 142 Å². The number of H-pyrrole nitrogens is 2. The van der Waals surface area contributed by atoms with Gasteiger partial charge in [-0.15, -0.1) is 0 Å². The molecule has 1 radical (unpaired) electrons. The molecule has 0 spiro atoms. The van der Waals surface area contributed by atoms with Crippen molar-refractivity contribution >= 4 is 51.3 Å². The van der Waals surface area contributed by atoms with Crippen LogP contribution in [-0.4, -0.2) is 86.0 Å². The van der Waals surface area contributed by atoms with Gasteiger partial charge in [0.05, 0.1) is 59.8 Å². The average molecular weight is 957 g/mol. The second-order valence-electron chi connectivity index (χ2n) is 21.9. The number of likely N-dealkylation sites (tertiary alicyclic amines) is 2. The Balaban J connectivity index is 0.933. The standard InChI is InChI=1S/C55H68F2N9O4/c1-30(2)23-49(67)65-43-13-9-11-32(43)26-47(65)52-58-39-17-15-34(24-41(39)60-52)45-19-20-46(64(45)36-28-37(56)51(38(57)29-36)63-21-7-6-8-22-63)35-16-18-40-42(25-35)61-53(59-40)48-27-33-12-10-14-44(33)66(48)54(68)50(31(3)4)62-55(69)70-5/h15-18,23-25,28-33,43-48,50H,6-14,19-22,26-27H2,1-5H3,(H,58,60)(H,59,61)(H,62,69)/t32-,33-,43-,44-,45+,46+,47-,48?,50-/m0/s1. The topological polar surface area (TPSA) is 143 Å². The normalized spacial score (nSPS) is 27.1. The molecule has 2 saturated carbocycles. The van der Waals surface area contributed by atoms with Crippen LogP contribution in [0, 0.1) is 41.7 Å². The SMILES string of the molecule is COC(=O)N[C@H](C(=O)N1C(c2nc3cc([C@H]4CC[C@H](c5ccc6[nH]c([C@@H]7C[C@@H]8CCC[C@@H]8N7C(=O)[CH]C(C)C)nc6c5)N4c4cc(F)c(N5CCCCC5)c(F)c4)ccc3[nH]2)C[C@@H]2CCC[C@@H]21)C(C)C. The number of nitrogens with one attached hydrogen (secondary N) is 3. The lowest BCUT2D eigenvalue weighted by molar-refractivity contribution is -0.138. The molecule has 9 atom stereocenters. The van der Waals surface area contributed by atoms with E-state index < -0.39 is 23.8 Å². The predicted octanol–water partition coefficient (Wildman–Crippen LogP) is 10.9. The molecule has 3 aromatic carbocycles. The van der Waals surface area contributed by atoms with Crippen molar-refractivity contribution in [3.05, 3.63) is 89.4 Å². The Bertz CT molecular complexity index is 2760. The number of imidazole rings is 2. The number of alkyl carbamates (subject to hydrolysis) is 1. The summed E-state index contributed by atoms with van der Waals surface area (Å²) in [7, 11) is 1.31. The third-order valence-corrected chi connectivity index (χ3v) is 16.9. The van der Waals surface area contributed by atoms with Gasteiger partial charge in [0.1, 0.15) is 23.4 Å². The Morgan fingerprint density at radius 3 is 1.77 bits per heavy atom. The van der Waals surface area contributed by atoms with E-state index >= 15 is 8.78 Å². The molecule has 2 aromatic heterocycles. The summed E-state index contributed by atoms with van der Waals surface area (Å²) >= 11 is 0. The molecule has 3 N–H and O–H groups in total. The minimum Gasteiger partial charge on any atom is -0.453 e. The Hall–Kier alpha value is -5.73. The Labute approximate surface area is 409 Å². The fraction of sp³-hybridized carbons (Fsp3) is 0.564. The summed E-state index contributed by atoms with van der Waals surface area (Å²) in [4.78, 5) is 66.3. The van der Waals surface area contributed by atoms with Gasteiger partial charge in [-0.3, -0.25) is 9.59 Å². The van der Waals surface area contributed by atoms with Crippen LogP contribution >= 0.6 is 0 Å². The van der Waals surface area contributed by atoms with Crippen molar-refractivity contribution in [3.63, 3.8) is 0 Å². The summed E-state index contributed by atoms with van der Waals surface area (Å²) in [5.41, 5.74) is 5.80. The van der Waals surface area contributed by atoms with Crippen molar-refractivity contribution in [2.24, 2.45) is 23.7 Å². The van der Waals surface area contributed by atoms with E-state index in [1.807, 2.05) is 50.0 Å². The Morgan fingerprint density at radius 1 is 0.700 bits per heavy atom. The highest BCUT2D eigenvalue weighted by molar-refractivity contribution is 5.88. The summed E-state index contributed by atoms with van der Waals surface area (Å²) in [6.07, 6.45) is 13.5. The summed E-state index contributed by atoms with van der Waals surface area (Å²) in [6.45, 7) is 9.20. The van der Waals surface area contributed by atoms with Crippen LogP contribution in [0.3, 0.4) is 0 Å². The number of nitrogens with zero attached hydrogens (tertiary/aromatic N) is 6. The first-order valence-electron chi connectivity index (χ1n) is 26.2. The molecular weight excluding hydrogens is 889 g/mol. The summed E-state index contributed by atoms with van der Waals surface area (Å²) in [5, 5.41) is 2.80. The molecule has 371 valence electrons. The van der Waals surface area contributed by atoms with Crippen molar-refractivity contribution in [1.29, 1.82) is 0 Å². The number of carbonyl (C=O) groups excluding carboxylic acids is 3. The number of benzene rings is 3. The van der Waals surface area contributed by atoms with Crippen LogP contribution in [0.5, 0.6) is 0 Å². The second-order valence-corrected chi connectivity index (χ2v) is 21.9. The molecule has 4 aliphatic heterocycles. The highest BCUT2D eigenvalue weighted by Gasteiger charge is 2.50. The first-order valence-corrected chi connectivity index (χ1v) is 26.2. The number of piperidine rings is 1. The van der Waals surface area contributed by atoms with Gasteiger partial charge in [0, 0.05) is 30.9 Å². The number of anilines is 2. The molecule has 11 rings (SSSR count). The number of fused-ring (bicyclic) bond motifs is 4. The van der Waals surface area contributed by atoms with E-state index in [0.717, 1.165) is 122 Å². The number of carbonyl (C=O) groups is 3. The van der Waals surface area contributed by atoms with Crippen LogP contribution < -0.4 is 15.1 Å². The molecule has 4 saturated heterocycles. The molecule has 2 aliphatic carbocycles. The van der Waals surface area contributed by atoms with E-state index in [4.69, 9.17) is 14.7 Å². The zero-order valence-electron chi connectivity index (χ0n) is 41.2. The van der Waals surface area contributed by atoms with Crippen LogP contribution in [0.25, 0.3) is 22.1 Å². The fourth-order valence-corrected chi connectivity index (χ4v) is 13.7. The van der Waals surface area contributed by atoms with Gasteiger partial charge in [0.25, 0.3) is 0 Å². The smallest absolute Gasteiger partial charge is 0.407 e. The summed E-state index contributed by atoms with van der Waals surface area (Å²) in [5.74, 6) is 1.18. The van der Waals surface area contributed by atoms with Crippen molar-refractivity contribution in [1.82, 2.24) is 35.1 Å². The molecule has 0 bridgehead atoms. The minimum absolute atomic E-state index is 0.0469. The highest BCUT2D eigenvalue weighted by atomic mass is 19.1. The van der Waals surface area contributed by atoms with E-state index in [1.54, 1.807) is 0 Å². The lowest BCUT2D eigenvalue weighted by Crippen LogP contribution is -2.53. The van der Waals surface area contributed by atoms with Gasteiger partial charge in [-0.1, -0.05) is 52.7 Å². The maximum Gasteiger partial charge on any atom is 0.407 e. The van der Waals surface area contributed by atoms with Crippen LogP contribution in [0.1, 0.15) is 158 Å². The lowest BCUT2D eigenvalue weighted by atomic mass is 10.0. The first kappa shape index (κ1) is 46.6. The van der Waals surface area contributed by atoms with Gasteiger partial charge >= 0.3 is 6.09 Å². The number of rotatable bonds is 11. The van der Waals surface area contributed by atoms with E-state index in [0.29, 0.717) is 36.4 Å². The quantitative estimate of drug-likeness (QED) is 0.119. The zero-order valence-corrected chi connectivity index (χ0v) is 41.2. The van der Waals surface area contributed by atoms with Gasteiger partial charge in [0.2, 0.25) is 11.8 Å². The molecule has 5 aromatic rings. The van der Waals surface area contributed by atoms with Gasteiger partial charge in [-0.2, -0.15) is 0 Å². The van der Waals surface area contributed by atoms with Crippen molar-refractivity contribution in [2.45, 2.75) is 153 Å². The molecule has 70 heavy (non-hydrogen) atoms. The number of methoxy groups -OCH3 is 1. The molecule has 3 amide bonds. The summed E-state index contributed by atoms with van der Waals surface area (Å²) < 4.78 is 37.9. The molecule has 6 aliphatic rings. The van der Waals surface area contributed by atoms with Crippen LogP contribution in [0.15, 0.2) is 48.5 Å². The maximum atomic E-state index is 16.5. The Kier molecular flexibility index (Phi) is 12.5.